The zero-order valence-electron chi connectivity index (χ0n) is 25.2. The first-order valence-electron chi connectivity index (χ1n) is 16.0. The highest BCUT2D eigenvalue weighted by atomic mass is 14.3. The first-order valence-corrected chi connectivity index (χ1v) is 16.0. The molecule has 0 saturated carbocycles. The Hall–Kier alpha value is -5.98. The molecule has 0 aliphatic heterocycles. The molecule has 212 valence electrons. The average Bonchev–Trinajstić information content (AvgIpc) is 3.45. The fraction of sp³-hybridized carbons (Fsp3) is 0. The molecule has 0 saturated heterocycles. The van der Waals surface area contributed by atoms with E-state index in [2.05, 4.69) is 170 Å². The molecule has 0 nitrogen and oxygen atoms in total. The van der Waals surface area contributed by atoms with Gasteiger partial charge in [0.25, 0.3) is 0 Å². The van der Waals surface area contributed by atoms with E-state index in [1.54, 1.807) is 0 Å². The average molecular weight is 581 g/mol. The van der Waals surface area contributed by atoms with E-state index in [1.807, 2.05) is 0 Å². The topological polar surface area (TPSA) is 0 Å². The van der Waals surface area contributed by atoms with Gasteiger partial charge < -0.3 is 0 Å². The fourth-order valence-corrected chi connectivity index (χ4v) is 8.07. The summed E-state index contributed by atoms with van der Waals surface area (Å²) in [6.07, 6.45) is 0. The molecule has 9 aromatic rings. The van der Waals surface area contributed by atoms with Gasteiger partial charge in [0.2, 0.25) is 0 Å². The summed E-state index contributed by atoms with van der Waals surface area (Å²) in [5.41, 5.74) is 12.9. The van der Waals surface area contributed by atoms with Crippen LogP contribution in [0, 0.1) is 0 Å². The van der Waals surface area contributed by atoms with Crippen LogP contribution in [0.1, 0.15) is 0 Å². The molecule has 1 aliphatic rings. The lowest BCUT2D eigenvalue weighted by molar-refractivity contribution is 1.65. The molecule has 46 heavy (non-hydrogen) atoms. The minimum atomic E-state index is 1.24. The summed E-state index contributed by atoms with van der Waals surface area (Å²) >= 11 is 0. The Morgan fingerprint density at radius 2 is 0.739 bits per heavy atom. The van der Waals surface area contributed by atoms with Crippen LogP contribution < -0.4 is 0 Å². The van der Waals surface area contributed by atoms with E-state index in [1.165, 1.54) is 98.7 Å². The summed E-state index contributed by atoms with van der Waals surface area (Å²) in [5.74, 6) is 0. The van der Waals surface area contributed by atoms with Crippen molar-refractivity contribution in [2.24, 2.45) is 0 Å². The van der Waals surface area contributed by atoms with Gasteiger partial charge in [-0.25, -0.2) is 0 Å². The van der Waals surface area contributed by atoms with Crippen molar-refractivity contribution in [3.63, 3.8) is 0 Å². The van der Waals surface area contributed by atoms with Crippen molar-refractivity contribution < 1.29 is 0 Å². The highest BCUT2D eigenvalue weighted by Gasteiger charge is 2.23. The second kappa shape index (κ2) is 9.76. The molecule has 1 aliphatic carbocycles. The van der Waals surface area contributed by atoms with E-state index in [-0.39, 0.29) is 0 Å². The molecule has 0 N–H and O–H groups in total. The fourth-order valence-electron chi connectivity index (χ4n) is 8.07. The van der Waals surface area contributed by atoms with Gasteiger partial charge in [-0.2, -0.15) is 0 Å². The van der Waals surface area contributed by atoms with Gasteiger partial charge in [0.15, 0.2) is 0 Å². The van der Waals surface area contributed by atoms with Gasteiger partial charge in [-0.3, -0.25) is 0 Å². The van der Waals surface area contributed by atoms with E-state index in [0.29, 0.717) is 0 Å². The standard InChI is InChI=1S/C46H28/c1-2-13-29(14-3-1)44-38-19-8-10-21-40(38)46(41-22-11-9-20-39(41)44)43-28-31(27-30-15-4-5-16-32(30)43)33-25-26-42-35-18-7-6-17-34(35)37-24-12-23-36(33)45(37)42/h1-28H. The molecule has 0 unspecified atom stereocenters. The van der Waals surface area contributed by atoms with E-state index in [9.17, 15) is 0 Å². The second-order valence-corrected chi connectivity index (χ2v) is 12.4. The van der Waals surface area contributed by atoms with Gasteiger partial charge in [-0.15, -0.1) is 0 Å². The summed E-state index contributed by atoms with van der Waals surface area (Å²) in [7, 11) is 0. The maximum atomic E-state index is 2.45. The van der Waals surface area contributed by atoms with Crippen LogP contribution in [-0.4, -0.2) is 0 Å². The summed E-state index contributed by atoms with van der Waals surface area (Å²) in [4.78, 5) is 0. The molecule has 0 radical (unpaired) electrons. The highest BCUT2D eigenvalue weighted by molar-refractivity contribution is 6.24. The summed E-state index contributed by atoms with van der Waals surface area (Å²) in [5, 5.41) is 10.3. The molecule has 0 amide bonds. The third kappa shape index (κ3) is 3.56. The molecule has 10 rings (SSSR count). The van der Waals surface area contributed by atoms with E-state index < -0.39 is 0 Å². The van der Waals surface area contributed by atoms with Crippen LogP contribution in [0.15, 0.2) is 170 Å². The zero-order valence-corrected chi connectivity index (χ0v) is 25.2. The molecule has 0 bridgehead atoms. The Morgan fingerprint density at radius 3 is 1.43 bits per heavy atom. The SMILES string of the molecule is c1ccc(-c2c3ccccc3c(-c3cc(-c4ccc5c6c(cccc46)-c4ccccc4-5)cc4ccccc34)c3ccccc23)cc1. The normalized spacial score (nSPS) is 11.9. The van der Waals surface area contributed by atoms with E-state index in [4.69, 9.17) is 0 Å². The van der Waals surface area contributed by atoms with Crippen LogP contribution in [0.5, 0.6) is 0 Å². The van der Waals surface area contributed by atoms with Crippen molar-refractivity contribution in [3.05, 3.63) is 170 Å². The van der Waals surface area contributed by atoms with Gasteiger partial charge in [0.1, 0.15) is 0 Å². The minimum absolute atomic E-state index is 1.24. The molecule has 0 aromatic heterocycles. The van der Waals surface area contributed by atoms with E-state index >= 15 is 0 Å². The van der Waals surface area contributed by atoms with Crippen molar-refractivity contribution in [3.8, 4) is 55.6 Å². The number of hydrogen-bond acceptors (Lipinski definition) is 0. The molecule has 0 spiro atoms. The third-order valence-corrected chi connectivity index (χ3v) is 9.98. The Bertz CT molecular complexity index is 2590. The zero-order chi connectivity index (χ0) is 30.2. The smallest absolute Gasteiger partial charge is 0.00199 e. The van der Waals surface area contributed by atoms with Crippen LogP contribution >= 0.6 is 0 Å². The Balaban J connectivity index is 1.31. The first kappa shape index (κ1) is 25.4. The lowest BCUT2D eigenvalue weighted by atomic mass is 9.83. The molecular formula is C46H28. The van der Waals surface area contributed by atoms with Gasteiger partial charge in [0, 0.05) is 0 Å². The van der Waals surface area contributed by atoms with Crippen LogP contribution in [0.4, 0.5) is 0 Å². The van der Waals surface area contributed by atoms with Gasteiger partial charge in [0.05, 0.1) is 0 Å². The second-order valence-electron chi connectivity index (χ2n) is 12.4. The minimum Gasteiger partial charge on any atom is -0.0622 e. The van der Waals surface area contributed by atoms with E-state index in [0.717, 1.165) is 0 Å². The van der Waals surface area contributed by atoms with Crippen LogP contribution in [0.2, 0.25) is 0 Å². The lowest BCUT2D eigenvalue weighted by Gasteiger charge is -2.20. The number of hydrogen-bond donors (Lipinski definition) is 0. The van der Waals surface area contributed by atoms with Crippen LogP contribution in [-0.2, 0) is 0 Å². The quantitative estimate of drug-likeness (QED) is 0.182. The number of rotatable bonds is 3. The highest BCUT2D eigenvalue weighted by Crippen LogP contribution is 2.51. The third-order valence-electron chi connectivity index (χ3n) is 9.98. The van der Waals surface area contributed by atoms with Crippen molar-refractivity contribution >= 4 is 43.1 Å². The largest absolute Gasteiger partial charge is 0.0622 e. The molecule has 0 heteroatoms. The maximum Gasteiger partial charge on any atom is -0.00199 e. The number of fused-ring (bicyclic) bond motifs is 6. The predicted molar refractivity (Wildman–Crippen MR) is 197 cm³/mol. The van der Waals surface area contributed by atoms with Crippen LogP contribution in [0.25, 0.3) is 98.7 Å². The Kier molecular flexibility index (Phi) is 5.38. The Labute approximate surface area is 267 Å². The van der Waals surface area contributed by atoms with Crippen LogP contribution in [0.3, 0.4) is 0 Å². The number of benzene rings is 9. The van der Waals surface area contributed by atoms with Crippen molar-refractivity contribution in [1.82, 2.24) is 0 Å². The first-order chi connectivity index (χ1) is 22.8. The van der Waals surface area contributed by atoms with Crippen molar-refractivity contribution in [2.45, 2.75) is 0 Å². The molecule has 0 fully saturated rings. The molecule has 0 heterocycles. The molecular weight excluding hydrogens is 553 g/mol. The lowest BCUT2D eigenvalue weighted by Crippen LogP contribution is -1.92. The molecule has 9 aromatic carbocycles. The molecule has 0 atom stereocenters. The Morgan fingerprint density at radius 1 is 0.239 bits per heavy atom. The van der Waals surface area contributed by atoms with Gasteiger partial charge >= 0.3 is 0 Å². The van der Waals surface area contributed by atoms with Crippen molar-refractivity contribution in [1.29, 1.82) is 0 Å². The summed E-state index contributed by atoms with van der Waals surface area (Å²) < 4.78 is 0. The van der Waals surface area contributed by atoms with Gasteiger partial charge in [-0.05, 0) is 111 Å². The summed E-state index contributed by atoms with van der Waals surface area (Å²) in [6, 6.07) is 62.8. The van der Waals surface area contributed by atoms with Crippen molar-refractivity contribution in [2.75, 3.05) is 0 Å². The monoisotopic (exact) mass is 580 g/mol. The summed E-state index contributed by atoms with van der Waals surface area (Å²) in [6.45, 7) is 0. The predicted octanol–water partition coefficient (Wildman–Crippen LogP) is 12.9. The maximum absolute atomic E-state index is 2.45. The van der Waals surface area contributed by atoms with Gasteiger partial charge in [-0.1, -0.05) is 158 Å².